The van der Waals surface area contributed by atoms with Crippen molar-refractivity contribution in [3.8, 4) is 0 Å². The molecule has 10 amide bonds. The number of unbranched alkanes of at least 4 members (excludes halogenated alkanes) is 9. The van der Waals surface area contributed by atoms with Crippen LogP contribution in [0, 0.1) is 0 Å². The fourth-order valence-corrected chi connectivity index (χ4v) is 7.21. The van der Waals surface area contributed by atoms with Crippen molar-refractivity contribution in [3.63, 3.8) is 0 Å². The molecule has 0 bridgehead atoms. The van der Waals surface area contributed by atoms with Crippen LogP contribution < -0.4 is 21.3 Å². The van der Waals surface area contributed by atoms with Crippen molar-refractivity contribution in [3.05, 3.63) is 24.3 Å². The molecule has 2 heterocycles. The van der Waals surface area contributed by atoms with Gasteiger partial charge in [0.1, 0.15) is 26.3 Å². The number of carbonyl (C=O) groups is 12. The maximum atomic E-state index is 13.1. The summed E-state index contributed by atoms with van der Waals surface area (Å²) in [6.07, 6.45) is 11.0. The van der Waals surface area contributed by atoms with E-state index in [0.717, 1.165) is 14.7 Å². The molecule has 0 fully saturated rings. The number of hydrogen-bond donors (Lipinski definition) is 6. The number of hydrogen-bond acceptors (Lipinski definition) is 16. The average Bonchev–Trinajstić information content (AvgIpc) is 3.87. The highest BCUT2D eigenvalue weighted by molar-refractivity contribution is 6.13. The number of nitrogens with zero attached hydrogens (tertiary/aromatic N) is 4. The zero-order chi connectivity index (χ0) is 55.1. The summed E-state index contributed by atoms with van der Waals surface area (Å²) < 4.78 is 21.6. The molecule has 26 nitrogen and oxygen atoms in total. The van der Waals surface area contributed by atoms with Crippen molar-refractivity contribution in [2.24, 2.45) is 0 Å². The molecule has 2 aliphatic rings. The number of carbonyl (C=O) groups excluding carboxylic acids is 10. The number of carboxylic acid groups (broad SMARTS) is 2. The van der Waals surface area contributed by atoms with Crippen LogP contribution >= 0.6 is 0 Å². The Morgan fingerprint density at radius 3 is 1.15 bits per heavy atom. The van der Waals surface area contributed by atoms with Gasteiger partial charge in [-0.2, -0.15) is 0 Å². The zero-order valence-electron chi connectivity index (χ0n) is 42.9. The highest BCUT2D eigenvalue weighted by Crippen LogP contribution is 2.10. The number of ether oxygens (including phenoxy) is 4. The number of carboxylic acids is 2. The fourth-order valence-electron chi connectivity index (χ4n) is 7.21. The number of nitrogens with one attached hydrogen (secondary N) is 4. The summed E-state index contributed by atoms with van der Waals surface area (Å²) in [4.78, 5) is 149. The van der Waals surface area contributed by atoms with E-state index >= 15 is 0 Å². The van der Waals surface area contributed by atoms with Gasteiger partial charge in [-0.1, -0.05) is 32.1 Å². The molecule has 0 aromatic carbocycles. The Hall–Kier alpha value is -6.96. The molecular weight excluding hydrogens is 989 g/mol. The van der Waals surface area contributed by atoms with Gasteiger partial charge in [0.15, 0.2) is 0 Å². The highest BCUT2D eigenvalue weighted by Gasteiger charge is 2.25. The summed E-state index contributed by atoms with van der Waals surface area (Å²) in [5.41, 5.74) is 0. The summed E-state index contributed by atoms with van der Waals surface area (Å²) >= 11 is 0. The molecule has 0 aromatic rings. The predicted molar refractivity (Wildman–Crippen MR) is 265 cm³/mol. The Morgan fingerprint density at radius 1 is 0.400 bits per heavy atom. The second-order valence-electron chi connectivity index (χ2n) is 17.4. The molecule has 2 rings (SSSR count). The Morgan fingerprint density at radius 2 is 0.733 bits per heavy atom. The Labute approximate surface area is 436 Å². The van der Waals surface area contributed by atoms with Crippen LogP contribution in [0.2, 0.25) is 0 Å². The van der Waals surface area contributed by atoms with E-state index in [0.29, 0.717) is 83.5 Å². The van der Waals surface area contributed by atoms with E-state index < -0.39 is 49.0 Å². The van der Waals surface area contributed by atoms with Crippen LogP contribution in [0.4, 0.5) is 9.59 Å². The molecule has 0 unspecified atom stereocenters. The minimum absolute atomic E-state index is 0.00920. The number of amides is 10. The van der Waals surface area contributed by atoms with Crippen LogP contribution in [0.5, 0.6) is 0 Å². The first kappa shape index (κ1) is 64.2. The molecular formula is C49H76N8O18. The molecule has 6 N–H and O–H groups in total. The van der Waals surface area contributed by atoms with Gasteiger partial charge in [-0.15, -0.1) is 0 Å². The quantitative estimate of drug-likeness (QED) is 0.0366. The summed E-state index contributed by atoms with van der Waals surface area (Å²) in [6.45, 7) is 0.118. The summed E-state index contributed by atoms with van der Waals surface area (Å²) in [5.74, 6) is -4.81. The standard InChI is InChI=1S/C49H76N8O18/c58-38(14-6-4-12-26-56-42(62)18-19-43(56)63)52-24-28-54(29-25-53-39(59)15-7-5-13-27-57-44(64)20-21-45(57)65)48(70)74-34-32-72-30-31-73-33-35-75-49(71)55(37-41(61)51-23-11-3-9-17-47(68)69)36-40(60)50-22-10-2-1-8-16-46(66)67/h18-21H,1-17,22-37H2,(H,50,60)(H,51,61)(H,52,58)(H,53,59)(H,66,67)(H,68,69). The molecule has 2 aliphatic heterocycles. The molecule has 0 spiro atoms. The fraction of sp³-hybridized carbons (Fsp3) is 0.673. The first-order chi connectivity index (χ1) is 36.1. The van der Waals surface area contributed by atoms with E-state index in [2.05, 4.69) is 21.3 Å². The van der Waals surface area contributed by atoms with Crippen LogP contribution in [-0.2, 0) is 66.9 Å². The summed E-state index contributed by atoms with van der Waals surface area (Å²) in [6, 6.07) is 0. The van der Waals surface area contributed by atoms with E-state index in [-0.39, 0.29) is 153 Å². The molecule has 0 atom stereocenters. The largest absolute Gasteiger partial charge is 0.481 e. The Bertz CT molecular complexity index is 1840. The van der Waals surface area contributed by atoms with E-state index in [1.807, 2.05) is 0 Å². The minimum Gasteiger partial charge on any atom is -0.481 e. The molecule has 0 aromatic heterocycles. The number of aliphatic carboxylic acids is 2. The molecule has 0 aliphatic carbocycles. The minimum atomic E-state index is -0.938. The van der Waals surface area contributed by atoms with Crippen molar-refractivity contribution in [2.75, 3.05) is 105 Å². The van der Waals surface area contributed by atoms with E-state index in [1.54, 1.807) is 0 Å². The first-order valence-electron chi connectivity index (χ1n) is 25.6. The van der Waals surface area contributed by atoms with Crippen LogP contribution in [-0.4, -0.2) is 206 Å². The van der Waals surface area contributed by atoms with Crippen molar-refractivity contribution in [1.82, 2.24) is 40.9 Å². The van der Waals surface area contributed by atoms with E-state index in [9.17, 15) is 57.5 Å². The van der Waals surface area contributed by atoms with Crippen LogP contribution in [0.1, 0.15) is 109 Å². The topological polar surface area (TPSA) is 343 Å². The van der Waals surface area contributed by atoms with Crippen LogP contribution in [0.3, 0.4) is 0 Å². The monoisotopic (exact) mass is 1060 g/mol. The maximum absolute atomic E-state index is 13.1. The van der Waals surface area contributed by atoms with Crippen molar-refractivity contribution in [2.45, 2.75) is 109 Å². The van der Waals surface area contributed by atoms with Gasteiger partial charge in [-0.05, 0) is 51.4 Å². The smallest absolute Gasteiger partial charge is 0.410 e. The van der Waals surface area contributed by atoms with Crippen molar-refractivity contribution in [1.29, 1.82) is 0 Å². The van der Waals surface area contributed by atoms with Gasteiger partial charge in [0, 0.05) is 102 Å². The lowest BCUT2D eigenvalue weighted by atomic mass is 10.1. The second kappa shape index (κ2) is 39.5. The van der Waals surface area contributed by atoms with Crippen molar-refractivity contribution >= 4 is 71.4 Å². The van der Waals surface area contributed by atoms with E-state index in [4.69, 9.17) is 29.2 Å². The molecule has 0 saturated heterocycles. The van der Waals surface area contributed by atoms with Gasteiger partial charge in [0.25, 0.3) is 23.6 Å². The molecule has 0 radical (unpaired) electrons. The van der Waals surface area contributed by atoms with Crippen LogP contribution in [0.25, 0.3) is 0 Å². The molecule has 75 heavy (non-hydrogen) atoms. The third-order valence-electron chi connectivity index (χ3n) is 11.3. The predicted octanol–water partition coefficient (Wildman–Crippen LogP) is 1.01. The number of rotatable bonds is 44. The molecule has 420 valence electrons. The maximum Gasteiger partial charge on any atom is 0.410 e. The summed E-state index contributed by atoms with van der Waals surface area (Å²) in [7, 11) is 0. The van der Waals surface area contributed by atoms with Gasteiger partial charge < -0.3 is 55.3 Å². The highest BCUT2D eigenvalue weighted by atomic mass is 16.6. The third kappa shape index (κ3) is 31.4. The average molecular weight is 1070 g/mol. The Balaban J connectivity index is 1.74. The Kier molecular flexibility index (Phi) is 33.8. The lowest BCUT2D eigenvalue weighted by Gasteiger charge is -2.22. The van der Waals surface area contributed by atoms with Crippen molar-refractivity contribution < 1.29 is 86.7 Å². The lowest BCUT2D eigenvalue weighted by molar-refractivity contribution is -0.138. The van der Waals surface area contributed by atoms with Gasteiger partial charge in [-0.3, -0.25) is 62.6 Å². The van der Waals surface area contributed by atoms with Crippen LogP contribution in [0.15, 0.2) is 24.3 Å². The van der Waals surface area contributed by atoms with Gasteiger partial charge in [0.2, 0.25) is 23.6 Å². The third-order valence-corrected chi connectivity index (χ3v) is 11.3. The van der Waals surface area contributed by atoms with Gasteiger partial charge >= 0.3 is 24.1 Å². The van der Waals surface area contributed by atoms with Gasteiger partial charge in [0.05, 0.1) is 26.4 Å². The normalized spacial score (nSPS) is 12.7. The zero-order valence-corrected chi connectivity index (χ0v) is 42.9. The summed E-state index contributed by atoms with van der Waals surface area (Å²) in [5, 5.41) is 28.4. The number of imide groups is 2. The first-order valence-corrected chi connectivity index (χ1v) is 25.6. The SMILES string of the molecule is O=C(O)CCCCCCNC(=O)CN(CC(=O)NCCCCCC(=O)O)C(=O)OCCOCCOCCOC(=O)N(CCNC(=O)CCCCCN1C(=O)C=CC1=O)CCNC(=O)CCCCCN1C(=O)C=CC1=O. The second-order valence-corrected chi connectivity index (χ2v) is 17.4. The molecule has 0 saturated carbocycles. The lowest BCUT2D eigenvalue weighted by Crippen LogP contribution is -2.46. The molecule has 26 heteroatoms. The van der Waals surface area contributed by atoms with E-state index in [1.165, 1.54) is 29.2 Å². The van der Waals surface area contributed by atoms with Gasteiger partial charge in [-0.25, -0.2) is 9.59 Å².